The van der Waals surface area contributed by atoms with Gasteiger partial charge < -0.3 is 24.9 Å². The van der Waals surface area contributed by atoms with E-state index in [0.717, 1.165) is 31.9 Å². The lowest BCUT2D eigenvalue weighted by atomic mass is 10.0. The molecule has 0 aromatic carbocycles. The van der Waals surface area contributed by atoms with Crippen LogP contribution in [0.4, 0.5) is 0 Å². The third-order valence-electron chi connectivity index (χ3n) is 4.01. The van der Waals surface area contributed by atoms with E-state index in [1.807, 2.05) is 26.8 Å². The van der Waals surface area contributed by atoms with Gasteiger partial charge in [-0.2, -0.15) is 0 Å². The van der Waals surface area contributed by atoms with Crippen LogP contribution in [0.15, 0.2) is 21.5 Å². The Morgan fingerprint density at radius 3 is 2.56 bits per heavy atom. The highest BCUT2D eigenvalue weighted by atomic mass is 16.5. The fourth-order valence-corrected chi connectivity index (χ4v) is 2.53. The van der Waals surface area contributed by atoms with Crippen molar-refractivity contribution < 1.29 is 14.3 Å². The van der Waals surface area contributed by atoms with Crippen LogP contribution in [0.3, 0.4) is 0 Å². The van der Waals surface area contributed by atoms with E-state index in [1.165, 1.54) is 0 Å². The van der Waals surface area contributed by atoms with Crippen molar-refractivity contribution in [3.05, 3.63) is 23.7 Å². The number of nitrogens with one attached hydrogen (secondary N) is 2. The summed E-state index contributed by atoms with van der Waals surface area (Å²) in [6.45, 7) is 14.4. The molecule has 1 aromatic heterocycles. The molecule has 0 saturated heterocycles. The highest BCUT2D eigenvalue weighted by Crippen LogP contribution is 2.23. The molecule has 2 atom stereocenters. The lowest BCUT2D eigenvalue weighted by Crippen LogP contribution is -2.40. The van der Waals surface area contributed by atoms with Crippen molar-refractivity contribution in [2.45, 2.75) is 59.7 Å². The summed E-state index contributed by atoms with van der Waals surface area (Å²) in [4.78, 5) is 4.50. The minimum Gasteiger partial charge on any atom is -0.463 e. The predicted molar refractivity (Wildman–Crippen MR) is 102 cm³/mol. The molecule has 3 N–H and O–H groups in total. The average Bonchev–Trinajstić information content (AvgIpc) is 2.99. The van der Waals surface area contributed by atoms with E-state index in [4.69, 9.17) is 9.15 Å². The molecule has 0 aliphatic rings. The molecule has 0 saturated carbocycles. The van der Waals surface area contributed by atoms with Gasteiger partial charge in [-0.25, -0.2) is 4.99 Å². The Morgan fingerprint density at radius 2 is 2.04 bits per heavy atom. The molecule has 0 fully saturated rings. The SMILES string of the molecule is CCNC(=NCC(C)(O)c1ccc(C)o1)NCCC(OCC)C(C)C. The van der Waals surface area contributed by atoms with E-state index in [-0.39, 0.29) is 12.6 Å². The molecule has 1 aromatic rings. The number of aliphatic imine (C=N–C) groups is 1. The first kappa shape index (κ1) is 21.5. The van der Waals surface area contributed by atoms with Crippen molar-refractivity contribution >= 4 is 5.96 Å². The van der Waals surface area contributed by atoms with Crippen LogP contribution in [0.25, 0.3) is 0 Å². The number of hydrogen-bond acceptors (Lipinski definition) is 4. The summed E-state index contributed by atoms with van der Waals surface area (Å²) in [5.41, 5.74) is -1.14. The summed E-state index contributed by atoms with van der Waals surface area (Å²) >= 11 is 0. The molecule has 6 nitrogen and oxygen atoms in total. The van der Waals surface area contributed by atoms with Gasteiger partial charge in [-0.15, -0.1) is 0 Å². The Labute approximate surface area is 152 Å². The summed E-state index contributed by atoms with van der Waals surface area (Å²) in [6, 6.07) is 3.64. The molecule has 6 heteroatoms. The van der Waals surface area contributed by atoms with Gasteiger partial charge in [-0.3, -0.25) is 0 Å². The summed E-state index contributed by atoms with van der Waals surface area (Å²) in [7, 11) is 0. The molecule has 0 radical (unpaired) electrons. The summed E-state index contributed by atoms with van der Waals surface area (Å²) in [5.74, 6) is 2.47. The molecule has 1 heterocycles. The van der Waals surface area contributed by atoms with Crippen molar-refractivity contribution in [2.75, 3.05) is 26.2 Å². The standard InChI is InChI=1S/C19H35N3O3/c1-7-20-18(21-12-11-16(14(3)4)24-8-2)22-13-19(6,23)17-10-9-15(5)25-17/h9-10,14,16,23H,7-8,11-13H2,1-6H3,(H2,20,21,22). The first-order valence-electron chi connectivity index (χ1n) is 9.23. The van der Waals surface area contributed by atoms with Crippen molar-refractivity contribution in [3.8, 4) is 0 Å². The Hall–Kier alpha value is -1.53. The molecule has 0 spiro atoms. The lowest BCUT2D eigenvalue weighted by Gasteiger charge is -2.22. The zero-order valence-corrected chi connectivity index (χ0v) is 16.6. The Balaban J connectivity index is 2.61. The van der Waals surface area contributed by atoms with Crippen LogP contribution < -0.4 is 10.6 Å². The van der Waals surface area contributed by atoms with Gasteiger partial charge in [-0.1, -0.05) is 13.8 Å². The summed E-state index contributed by atoms with van der Waals surface area (Å²) in [5, 5.41) is 17.1. The van der Waals surface area contributed by atoms with E-state index in [0.29, 0.717) is 17.6 Å². The van der Waals surface area contributed by atoms with Gasteiger partial charge in [0.15, 0.2) is 5.96 Å². The van der Waals surface area contributed by atoms with E-state index >= 15 is 0 Å². The second kappa shape index (κ2) is 10.5. The topological polar surface area (TPSA) is 79.0 Å². The predicted octanol–water partition coefficient (Wildman–Crippen LogP) is 2.80. The number of furan rings is 1. The molecule has 144 valence electrons. The van der Waals surface area contributed by atoms with Crippen LogP contribution in [0, 0.1) is 12.8 Å². The van der Waals surface area contributed by atoms with E-state index in [1.54, 1.807) is 13.0 Å². The smallest absolute Gasteiger partial charge is 0.191 e. The number of ether oxygens (including phenoxy) is 1. The minimum absolute atomic E-state index is 0.217. The molecule has 25 heavy (non-hydrogen) atoms. The van der Waals surface area contributed by atoms with Crippen LogP contribution in [-0.2, 0) is 10.3 Å². The number of nitrogens with zero attached hydrogens (tertiary/aromatic N) is 1. The van der Waals surface area contributed by atoms with Crippen LogP contribution >= 0.6 is 0 Å². The molecule has 0 bridgehead atoms. The summed E-state index contributed by atoms with van der Waals surface area (Å²) < 4.78 is 11.3. The van der Waals surface area contributed by atoms with Gasteiger partial charge in [0.25, 0.3) is 0 Å². The number of aryl methyl sites for hydroxylation is 1. The third-order valence-corrected chi connectivity index (χ3v) is 4.01. The van der Waals surface area contributed by atoms with E-state index in [2.05, 4.69) is 29.5 Å². The van der Waals surface area contributed by atoms with Gasteiger partial charge in [0, 0.05) is 19.7 Å². The third kappa shape index (κ3) is 7.48. The van der Waals surface area contributed by atoms with Crippen molar-refractivity contribution in [3.63, 3.8) is 0 Å². The Morgan fingerprint density at radius 1 is 1.32 bits per heavy atom. The van der Waals surface area contributed by atoms with Crippen molar-refractivity contribution in [1.29, 1.82) is 0 Å². The van der Waals surface area contributed by atoms with Crippen molar-refractivity contribution in [2.24, 2.45) is 10.9 Å². The second-order valence-corrected chi connectivity index (χ2v) is 6.83. The maximum Gasteiger partial charge on any atom is 0.191 e. The maximum atomic E-state index is 10.6. The summed E-state index contributed by atoms with van der Waals surface area (Å²) in [6.07, 6.45) is 1.14. The molecular weight excluding hydrogens is 318 g/mol. The first-order valence-corrected chi connectivity index (χ1v) is 9.23. The molecule has 0 amide bonds. The largest absolute Gasteiger partial charge is 0.463 e. The van der Waals surface area contributed by atoms with Crippen LogP contribution in [-0.4, -0.2) is 43.4 Å². The van der Waals surface area contributed by atoms with Crippen molar-refractivity contribution in [1.82, 2.24) is 10.6 Å². The Kier molecular flexibility index (Phi) is 9.00. The minimum atomic E-state index is -1.14. The number of aliphatic hydroxyl groups is 1. The van der Waals surface area contributed by atoms with Crippen LogP contribution in [0.2, 0.25) is 0 Å². The average molecular weight is 354 g/mol. The van der Waals surface area contributed by atoms with Gasteiger partial charge in [0.2, 0.25) is 0 Å². The second-order valence-electron chi connectivity index (χ2n) is 6.83. The number of rotatable bonds is 10. The molecule has 0 aliphatic heterocycles. The van der Waals surface area contributed by atoms with E-state index in [9.17, 15) is 5.11 Å². The van der Waals surface area contributed by atoms with E-state index < -0.39 is 5.60 Å². The number of guanidine groups is 1. The van der Waals surface area contributed by atoms with Gasteiger partial charge in [-0.05, 0) is 52.2 Å². The molecular formula is C19H35N3O3. The highest BCUT2D eigenvalue weighted by molar-refractivity contribution is 5.79. The van der Waals surface area contributed by atoms with Gasteiger partial charge >= 0.3 is 0 Å². The fourth-order valence-electron chi connectivity index (χ4n) is 2.53. The number of hydrogen-bond donors (Lipinski definition) is 3. The monoisotopic (exact) mass is 353 g/mol. The molecule has 2 unspecified atom stereocenters. The molecule has 0 aliphatic carbocycles. The van der Waals surface area contributed by atoms with Crippen LogP contribution in [0.1, 0.15) is 52.6 Å². The zero-order chi connectivity index (χ0) is 18.9. The lowest BCUT2D eigenvalue weighted by molar-refractivity contribution is 0.0257. The Bertz CT molecular complexity index is 524. The maximum absolute atomic E-state index is 10.6. The quantitative estimate of drug-likeness (QED) is 0.445. The zero-order valence-electron chi connectivity index (χ0n) is 16.6. The van der Waals surface area contributed by atoms with Gasteiger partial charge in [0.1, 0.15) is 17.1 Å². The first-order chi connectivity index (χ1) is 11.8. The fraction of sp³-hybridized carbons (Fsp3) is 0.737. The molecule has 1 rings (SSSR count). The van der Waals surface area contributed by atoms with Crippen LogP contribution in [0.5, 0.6) is 0 Å². The van der Waals surface area contributed by atoms with Gasteiger partial charge in [0.05, 0.1) is 12.6 Å². The highest BCUT2D eigenvalue weighted by Gasteiger charge is 2.26. The normalized spacial score (nSPS) is 15.9.